The first-order chi connectivity index (χ1) is 9.74. The molecule has 0 aliphatic carbocycles. The number of thioether (sulfide) groups is 1. The SMILES string of the molecule is O=[N+]([O-])c1cc2c(c(CSc3ncn[nH]3)c1)OCOC2. The molecular weight excluding hydrogens is 284 g/mol. The molecule has 0 bridgehead atoms. The molecule has 0 spiro atoms. The van der Waals surface area contributed by atoms with Crippen molar-refractivity contribution in [1.82, 2.24) is 15.2 Å². The number of nitrogens with one attached hydrogen (secondary N) is 1. The van der Waals surface area contributed by atoms with Crippen molar-refractivity contribution in [2.45, 2.75) is 17.5 Å². The van der Waals surface area contributed by atoms with E-state index >= 15 is 0 Å². The lowest BCUT2D eigenvalue weighted by Gasteiger charge is -2.20. The van der Waals surface area contributed by atoms with E-state index in [9.17, 15) is 10.1 Å². The standard InChI is InChI=1S/C11H10N4O4S/c16-15(17)9-1-7-3-18-6-19-10(7)8(2-9)4-20-11-12-5-13-14-11/h1-2,5H,3-4,6H2,(H,12,13,14). The molecule has 1 N–H and O–H groups in total. The van der Waals surface area contributed by atoms with Gasteiger partial charge in [-0.1, -0.05) is 11.8 Å². The number of non-ortho nitro benzene ring substituents is 1. The third-order valence-corrected chi connectivity index (χ3v) is 3.67. The van der Waals surface area contributed by atoms with E-state index in [2.05, 4.69) is 15.2 Å². The molecule has 0 saturated heterocycles. The van der Waals surface area contributed by atoms with Crippen molar-refractivity contribution in [1.29, 1.82) is 0 Å². The third-order valence-electron chi connectivity index (χ3n) is 2.74. The zero-order chi connectivity index (χ0) is 13.9. The molecular formula is C11H10N4O4S. The number of aromatic nitrogens is 3. The maximum atomic E-state index is 11.0. The van der Waals surface area contributed by atoms with Gasteiger partial charge in [0.15, 0.2) is 11.9 Å². The summed E-state index contributed by atoms with van der Waals surface area (Å²) in [4.78, 5) is 14.5. The van der Waals surface area contributed by atoms with Gasteiger partial charge in [-0.2, -0.15) is 5.10 Å². The summed E-state index contributed by atoms with van der Waals surface area (Å²) in [5.41, 5.74) is 1.48. The van der Waals surface area contributed by atoms with Gasteiger partial charge < -0.3 is 9.47 Å². The van der Waals surface area contributed by atoms with E-state index in [0.717, 1.165) is 5.56 Å². The van der Waals surface area contributed by atoms with Crippen LogP contribution in [0.5, 0.6) is 5.75 Å². The van der Waals surface area contributed by atoms with Crippen molar-refractivity contribution in [3.05, 3.63) is 39.7 Å². The topological polar surface area (TPSA) is 103 Å². The third kappa shape index (κ3) is 2.58. The lowest BCUT2D eigenvalue weighted by Crippen LogP contribution is -2.13. The Kier molecular flexibility index (Phi) is 3.52. The minimum atomic E-state index is -0.419. The van der Waals surface area contributed by atoms with Crippen molar-refractivity contribution in [3.63, 3.8) is 0 Å². The summed E-state index contributed by atoms with van der Waals surface area (Å²) in [5, 5.41) is 18.1. The second-order valence-corrected chi connectivity index (χ2v) is 5.00. The summed E-state index contributed by atoms with van der Waals surface area (Å²) in [6.45, 7) is 0.474. The Labute approximate surface area is 117 Å². The number of fused-ring (bicyclic) bond motifs is 1. The highest BCUT2D eigenvalue weighted by Crippen LogP contribution is 2.35. The summed E-state index contributed by atoms with van der Waals surface area (Å²) in [7, 11) is 0. The van der Waals surface area contributed by atoms with Crippen LogP contribution >= 0.6 is 11.8 Å². The molecule has 0 saturated carbocycles. The van der Waals surface area contributed by atoms with Crippen LogP contribution in [-0.4, -0.2) is 26.9 Å². The highest BCUT2D eigenvalue weighted by Gasteiger charge is 2.21. The monoisotopic (exact) mass is 294 g/mol. The van der Waals surface area contributed by atoms with Gasteiger partial charge in [0.2, 0.25) is 0 Å². The van der Waals surface area contributed by atoms with Gasteiger partial charge in [-0.05, 0) is 0 Å². The fourth-order valence-corrected chi connectivity index (χ4v) is 2.65. The van der Waals surface area contributed by atoms with Gasteiger partial charge in [0.25, 0.3) is 5.69 Å². The van der Waals surface area contributed by atoms with Gasteiger partial charge >= 0.3 is 0 Å². The lowest BCUT2D eigenvalue weighted by molar-refractivity contribution is -0.385. The molecule has 0 radical (unpaired) electrons. The van der Waals surface area contributed by atoms with Crippen LogP contribution in [0.25, 0.3) is 0 Å². The normalized spacial score (nSPS) is 13.6. The van der Waals surface area contributed by atoms with Crippen molar-refractivity contribution in [2.24, 2.45) is 0 Å². The number of nitrogens with zero attached hydrogens (tertiary/aromatic N) is 3. The largest absolute Gasteiger partial charge is 0.467 e. The van der Waals surface area contributed by atoms with Gasteiger partial charge in [0, 0.05) is 29.0 Å². The fraction of sp³-hybridized carbons (Fsp3) is 0.273. The van der Waals surface area contributed by atoms with Crippen LogP contribution in [0.1, 0.15) is 11.1 Å². The van der Waals surface area contributed by atoms with E-state index in [1.807, 2.05) is 0 Å². The molecule has 9 heteroatoms. The molecule has 2 heterocycles. The number of nitro groups is 1. The number of ether oxygens (including phenoxy) is 2. The number of aromatic amines is 1. The lowest BCUT2D eigenvalue weighted by atomic mass is 10.1. The molecule has 3 rings (SSSR count). The van der Waals surface area contributed by atoms with E-state index in [1.54, 1.807) is 0 Å². The van der Waals surface area contributed by atoms with Crippen LogP contribution in [0, 0.1) is 10.1 Å². The Balaban J connectivity index is 1.90. The first kappa shape index (κ1) is 12.9. The first-order valence-electron chi connectivity index (χ1n) is 5.73. The van der Waals surface area contributed by atoms with Crippen molar-refractivity contribution < 1.29 is 14.4 Å². The molecule has 0 unspecified atom stereocenters. The highest BCUT2D eigenvalue weighted by atomic mass is 32.2. The Hall–Kier alpha value is -2.13. The zero-order valence-corrected chi connectivity index (χ0v) is 11.1. The summed E-state index contributed by atoms with van der Waals surface area (Å²) in [5.74, 6) is 1.16. The smallest absolute Gasteiger partial charge is 0.270 e. The van der Waals surface area contributed by atoms with Crippen molar-refractivity contribution in [3.8, 4) is 5.75 Å². The Morgan fingerprint density at radius 1 is 1.50 bits per heavy atom. The maximum absolute atomic E-state index is 11.0. The van der Waals surface area contributed by atoms with E-state index in [-0.39, 0.29) is 12.5 Å². The molecule has 104 valence electrons. The Morgan fingerprint density at radius 2 is 2.40 bits per heavy atom. The molecule has 0 fully saturated rings. The van der Waals surface area contributed by atoms with E-state index in [1.165, 1.54) is 30.2 Å². The van der Waals surface area contributed by atoms with Crippen LogP contribution in [0.4, 0.5) is 5.69 Å². The van der Waals surface area contributed by atoms with Crippen LogP contribution in [0.2, 0.25) is 0 Å². The second-order valence-electron chi connectivity index (χ2n) is 4.04. The molecule has 1 aliphatic rings. The summed E-state index contributed by atoms with van der Waals surface area (Å²) >= 11 is 1.40. The van der Waals surface area contributed by atoms with Crippen molar-refractivity contribution >= 4 is 17.4 Å². The van der Waals surface area contributed by atoms with E-state index in [0.29, 0.717) is 28.8 Å². The molecule has 8 nitrogen and oxygen atoms in total. The average Bonchev–Trinajstić information content (AvgIpc) is 2.97. The van der Waals surface area contributed by atoms with Crippen LogP contribution in [0.3, 0.4) is 0 Å². The number of benzene rings is 1. The molecule has 20 heavy (non-hydrogen) atoms. The Bertz CT molecular complexity index is 632. The fourth-order valence-electron chi connectivity index (χ4n) is 1.90. The number of nitro benzene ring substituents is 1. The van der Waals surface area contributed by atoms with Crippen LogP contribution in [-0.2, 0) is 17.1 Å². The molecule has 1 aliphatic heterocycles. The van der Waals surface area contributed by atoms with Gasteiger partial charge in [0.05, 0.1) is 11.5 Å². The highest BCUT2D eigenvalue weighted by molar-refractivity contribution is 7.98. The minimum absolute atomic E-state index is 0.0334. The van der Waals surface area contributed by atoms with Gasteiger partial charge in [0.1, 0.15) is 12.1 Å². The summed E-state index contributed by atoms with van der Waals surface area (Å²) in [6, 6.07) is 3.00. The zero-order valence-electron chi connectivity index (χ0n) is 10.2. The van der Waals surface area contributed by atoms with Gasteiger partial charge in [-0.15, -0.1) is 0 Å². The maximum Gasteiger partial charge on any atom is 0.270 e. The number of rotatable bonds is 4. The molecule has 0 atom stereocenters. The number of hydrogen-bond acceptors (Lipinski definition) is 7. The second kappa shape index (κ2) is 5.47. The van der Waals surface area contributed by atoms with Gasteiger partial charge in [-0.25, -0.2) is 4.98 Å². The quantitative estimate of drug-likeness (QED) is 0.521. The number of H-pyrrole nitrogens is 1. The minimum Gasteiger partial charge on any atom is -0.467 e. The Morgan fingerprint density at radius 3 is 3.15 bits per heavy atom. The average molecular weight is 294 g/mol. The predicted molar refractivity (Wildman–Crippen MR) is 69.3 cm³/mol. The molecule has 0 amide bonds. The van der Waals surface area contributed by atoms with E-state index in [4.69, 9.17) is 9.47 Å². The first-order valence-corrected chi connectivity index (χ1v) is 6.71. The van der Waals surface area contributed by atoms with Crippen LogP contribution < -0.4 is 4.74 Å². The van der Waals surface area contributed by atoms with Crippen molar-refractivity contribution in [2.75, 3.05) is 6.79 Å². The molecule has 1 aromatic heterocycles. The molecule has 2 aromatic rings. The van der Waals surface area contributed by atoms with E-state index < -0.39 is 4.92 Å². The van der Waals surface area contributed by atoms with Crippen LogP contribution in [0.15, 0.2) is 23.6 Å². The predicted octanol–water partition coefficient (Wildman–Crippen LogP) is 1.87. The van der Waals surface area contributed by atoms with Gasteiger partial charge in [-0.3, -0.25) is 15.2 Å². The molecule has 1 aromatic carbocycles. The summed E-state index contributed by atoms with van der Waals surface area (Å²) < 4.78 is 10.6. The summed E-state index contributed by atoms with van der Waals surface area (Å²) in [6.07, 6.45) is 1.41. The number of hydrogen-bond donors (Lipinski definition) is 1.